The molecule has 0 fully saturated rings. The molecule has 1 rings (SSSR count). The Bertz CT molecular complexity index is 346. The van der Waals surface area contributed by atoms with Crippen molar-refractivity contribution in [3.05, 3.63) is 23.2 Å². The Hall–Kier alpha value is -0.380. The number of halogens is 1. The minimum atomic E-state index is 0.166. The van der Waals surface area contributed by atoms with Crippen LogP contribution in [0.4, 0.5) is 5.69 Å². The molecule has 16 heavy (non-hydrogen) atoms. The first kappa shape index (κ1) is 13.7. The lowest BCUT2D eigenvalue weighted by Gasteiger charge is -2.21. The lowest BCUT2D eigenvalue weighted by atomic mass is 10.2. The molecule has 0 aromatic heterocycles. The molecule has 90 valence electrons. The SMILES string of the molecule is COC(C)C(C)Nc1ccc(SC)c(Cl)c1. The monoisotopic (exact) mass is 259 g/mol. The van der Waals surface area contributed by atoms with Gasteiger partial charge >= 0.3 is 0 Å². The first-order valence-corrected chi connectivity index (χ1v) is 6.81. The molecular formula is C12H18ClNOS. The van der Waals surface area contributed by atoms with Crippen LogP contribution in [0.1, 0.15) is 13.8 Å². The molecule has 0 aliphatic heterocycles. The van der Waals surface area contributed by atoms with Crippen molar-refractivity contribution in [1.82, 2.24) is 0 Å². The maximum absolute atomic E-state index is 6.13. The van der Waals surface area contributed by atoms with Gasteiger partial charge in [-0.15, -0.1) is 11.8 Å². The number of benzene rings is 1. The summed E-state index contributed by atoms with van der Waals surface area (Å²) < 4.78 is 5.26. The predicted molar refractivity (Wildman–Crippen MR) is 72.8 cm³/mol. The molecule has 2 atom stereocenters. The zero-order valence-electron chi connectivity index (χ0n) is 10.1. The van der Waals surface area contributed by atoms with Gasteiger partial charge in [0.1, 0.15) is 0 Å². The van der Waals surface area contributed by atoms with Crippen LogP contribution < -0.4 is 5.32 Å². The molecule has 0 spiro atoms. The number of rotatable bonds is 5. The Morgan fingerprint density at radius 1 is 1.38 bits per heavy atom. The van der Waals surface area contributed by atoms with Gasteiger partial charge in [-0.1, -0.05) is 11.6 Å². The second kappa shape index (κ2) is 6.38. The van der Waals surface area contributed by atoms with Crippen molar-refractivity contribution >= 4 is 29.1 Å². The summed E-state index contributed by atoms with van der Waals surface area (Å²) in [6.07, 6.45) is 2.18. The maximum atomic E-state index is 6.13. The summed E-state index contributed by atoms with van der Waals surface area (Å²) in [4.78, 5) is 1.10. The number of thioether (sulfide) groups is 1. The summed E-state index contributed by atoms with van der Waals surface area (Å²) >= 11 is 7.78. The van der Waals surface area contributed by atoms with E-state index >= 15 is 0 Å². The first-order valence-electron chi connectivity index (χ1n) is 5.21. The standard InChI is InChI=1S/C12H18ClNOS/c1-8(9(2)15-3)14-10-5-6-12(16-4)11(13)7-10/h5-9,14H,1-4H3. The Labute approximate surface area is 107 Å². The van der Waals surface area contributed by atoms with Crippen LogP contribution in [0.25, 0.3) is 0 Å². The smallest absolute Gasteiger partial charge is 0.0741 e. The Morgan fingerprint density at radius 3 is 2.56 bits per heavy atom. The van der Waals surface area contributed by atoms with Crippen LogP contribution in [0.15, 0.2) is 23.1 Å². The highest BCUT2D eigenvalue weighted by molar-refractivity contribution is 7.98. The van der Waals surface area contributed by atoms with Crippen molar-refractivity contribution in [3.63, 3.8) is 0 Å². The van der Waals surface area contributed by atoms with E-state index in [1.165, 1.54) is 0 Å². The molecule has 1 aromatic carbocycles. The largest absolute Gasteiger partial charge is 0.380 e. The van der Waals surface area contributed by atoms with E-state index in [1.54, 1.807) is 18.9 Å². The van der Waals surface area contributed by atoms with E-state index in [9.17, 15) is 0 Å². The molecule has 1 N–H and O–H groups in total. The second-order valence-corrected chi connectivity index (χ2v) is 4.98. The van der Waals surface area contributed by atoms with Crippen molar-refractivity contribution in [3.8, 4) is 0 Å². The molecule has 4 heteroatoms. The normalized spacial score (nSPS) is 14.6. The third kappa shape index (κ3) is 3.58. The highest BCUT2D eigenvalue weighted by Crippen LogP contribution is 2.28. The maximum Gasteiger partial charge on any atom is 0.0741 e. The van der Waals surface area contributed by atoms with E-state index in [1.807, 2.05) is 31.4 Å². The number of hydrogen-bond donors (Lipinski definition) is 1. The fourth-order valence-electron chi connectivity index (χ4n) is 1.34. The van der Waals surface area contributed by atoms with Crippen LogP contribution in [-0.4, -0.2) is 25.5 Å². The van der Waals surface area contributed by atoms with Gasteiger partial charge in [-0.05, 0) is 38.3 Å². The highest BCUT2D eigenvalue weighted by Gasteiger charge is 2.11. The minimum absolute atomic E-state index is 0.166. The van der Waals surface area contributed by atoms with Crippen molar-refractivity contribution in [1.29, 1.82) is 0 Å². The van der Waals surface area contributed by atoms with E-state index in [2.05, 4.69) is 12.2 Å². The number of nitrogens with one attached hydrogen (secondary N) is 1. The van der Waals surface area contributed by atoms with Gasteiger partial charge in [0.15, 0.2) is 0 Å². The molecule has 0 saturated heterocycles. The quantitative estimate of drug-likeness (QED) is 0.811. The lowest BCUT2D eigenvalue weighted by molar-refractivity contribution is 0.106. The minimum Gasteiger partial charge on any atom is -0.380 e. The zero-order valence-corrected chi connectivity index (χ0v) is 11.7. The molecule has 0 aliphatic carbocycles. The van der Waals surface area contributed by atoms with E-state index in [4.69, 9.17) is 16.3 Å². The van der Waals surface area contributed by atoms with Crippen molar-refractivity contribution in [2.75, 3.05) is 18.7 Å². The van der Waals surface area contributed by atoms with Gasteiger partial charge in [0.2, 0.25) is 0 Å². The molecule has 0 heterocycles. The zero-order chi connectivity index (χ0) is 12.1. The molecule has 1 aromatic rings. The van der Waals surface area contributed by atoms with E-state index in [-0.39, 0.29) is 12.1 Å². The number of anilines is 1. The van der Waals surface area contributed by atoms with E-state index < -0.39 is 0 Å². The van der Waals surface area contributed by atoms with Crippen molar-refractivity contribution in [2.24, 2.45) is 0 Å². The molecule has 0 bridgehead atoms. The third-order valence-electron chi connectivity index (χ3n) is 2.62. The van der Waals surface area contributed by atoms with Gasteiger partial charge in [0, 0.05) is 23.7 Å². The van der Waals surface area contributed by atoms with E-state index in [0.717, 1.165) is 15.6 Å². The molecule has 0 saturated carbocycles. The second-order valence-electron chi connectivity index (χ2n) is 3.72. The van der Waals surface area contributed by atoms with Gasteiger partial charge in [0.25, 0.3) is 0 Å². The summed E-state index contributed by atoms with van der Waals surface area (Å²) in [6.45, 7) is 4.13. The van der Waals surface area contributed by atoms with Gasteiger partial charge < -0.3 is 10.1 Å². The summed E-state index contributed by atoms with van der Waals surface area (Å²) in [5, 5.41) is 4.15. The van der Waals surface area contributed by atoms with Crippen LogP contribution in [0.3, 0.4) is 0 Å². The average molecular weight is 260 g/mol. The summed E-state index contributed by atoms with van der Waals surface area (Å²) in [7, 11) is 1.71. The molecule has 2 nitrogen and oxygen atoms in total. The first-order chi connectivity index (χ1) is 7.58. The molecular weight excluding hydrogens is 242 g/mol. The highest BCUT2D eigenvalue weighted by atomic mass is 35.5. The van der Waals surface area contributed by atoms with Crippen LogP contribution >= 0.6 is 23.4 Å². The average Bonchev–Trinajstić information content (AvgIpc) is 2.28. The molecule has 0 radical (unpaired) electrons. The fourth-order valence-corrected chi connectivity index (χ4v) is 2.21. The molecule has 2 unspecified atom stereocenters. The number of methoxy groups -OCH3 is 1. The van der Waals surface area contributed by atoms with Crippen LogP contribution in [0.2, 0.25) is 5.02 Å². The van der Waals surface area contributed by atoms with Crippen LogP contribution in [0.5, 0.6) is 0 Å². The number of hydrogen-bond acceptors (Lipinski definition) is 3. The van der Waals surface area contributed by atoms with Gasteiger partial charge in [-0.25, -0.2) is 0 Å². The van der Waals surface area contributed by atoms with Gasteiger partial charge in [0.05, 0.1) is 11.1 Å². The fraction of sp³-hybridized carbons (Fsp3) is 0.500. The summed E-state index contributed by atoms with van der Waals surface area (Å²) in [5.41, 5.74) is 1.03. The van der Waals surface area contributed by atoms with Gasteiger partial charge in [-0.3, -0.25) is 0 Å². The molecule has 0 aliphatic rings. The Balaban J connectivity index is 2.71. The van der Waals surface area contributed by atoms with Crippen LogP contribution in [-0.2, 0) is 4.74 Å². The third-order valence-corrected chi connectivity index (χ3v) is 3.84. The van der Waals surface area contributed by atoms with Gasteiger partial charge in [-0.2, -0.15) is 0 Å². The molecule has 0 amide bonds. The van der Waals surface area contributed by atoms with Crippen molar-refractivity contribution < 1.29 is 4.74 Å². The summed E-state index contributed by atoms with van der Waals surface area (Å²) in [6, 6.07) is 6.27. The van der Waals surface area contributed by atoms with Crippen molar-refractivity contribution in [2.45, 2.75) is 30.9 Å². The lowest BCUT2D eigenvalue weighted by Crippen LogP contribution is -2.29. The topological polar surface area (TPSA) is 21.3 Å². The Morgan fingerprint density at radius 2 is 2.06 bits per heavy atom. The summed E-state index contributed by atoms with van der Waals surface area (Å²) in [5.74, 6) is 0. The van der Waals surface area contributed by atoms with Crippen LogP contribution in [0, 0.1) is 0 Å². The van der Waals surface area contributed by atoms with E-state index in [0.29, 0.717) is 0 Å². The predicted octanol–water partition coefficient (Wildman–Crippen LogP) is 3.90. The number of ether oxygens (including phenoxy) is 1. The Kier molecular flexibility index (Phi) is 5.46.